The normalized spacial score (nSPS) is 20.3. The number of aromatic amines is 1. The van der Waals surface area contributed by atoms with Crippen LogP contribution < -0.4 is 19.7 Å². The summed E-state index contributed by atoms with van der Waals surface area (Å²) < 4.78 is 19.8. The van der Waals surface area contributed by atoms with Gasteiger partial charge < -0.3 is 49.3 Å². The Hall–Kier alpha value is -7.41. The van der Waals surface area contributed by atoms with Gasteiger partial charge in [0.15, 0.2) is 11.5 Å². The fourth-order valence-electron chi connectivity index (χ4n) is 11.3. The lowest BCUT2D eigenvalue weighted by atomic mass is 9.82. The average Bonchev–Trinajstić information content (AvgIpc) is 4.03. The van der Waals surface area contributed by atoms with Crippen molar-refractivity contribution in [3.8, 4) is 34.5 Å². The van der Waals surface area contributed by atoms with Crippen LogP contribution in [0.5, 0.6) is 34.5 Å². The predicted octanol–water partition coefficient (Wildman–Crippen LogP) is 11.9. The van der Waals surface area contributed by atoms with Crippen LogP contribution >= 0.6 is 0 Å². The highest BCUT2D eigenvalue weighted by molar-refractivity contribution is 5.95. The summed E-state index contributed by atoms with van der Waals surface area (Å²) in [5.41, 5.74) is 5.89. The molecular weight excluding hydrogens is 921 g/mol. The number of nitrogens with one attached hydrogen (secondary N) is 2. The number of phenolic OH excluding ortho intramolecular Hbond substituents is 3. The van der Waals surface area contributed by atoms with Crippen molar-refractivity contribution in [1.29, 1.82) is 0 Å². The van der Waals surface area contributed by atoms with Gasteiger partial charge in [-0.3, -0.25) is 14.4 Å². The number of esters is 1. The van der Waals surface area contributed by atoms with Gasteiger partial charge in [0.25, 0.3) is 0 Å². The number of hydrogen-bond donors (Lipinski definition) is 5. The zero-order valence-corrected chi connectivity index (χ0v) is 42.1. The fraction of sp³-hybridized carbons (Fsp3) is 0.383. The van der Waals surface area contributed by atoms with E-state index in [4.69, 9.17) is 14.2 Å². The molecule has 1 aliphatic carbocycles. The molecule has 73 heavy (non-hydrogen) atoms. The molecule has 0 saturated heterocycles. The number of phenols is 3. The number of Topliss-reactive ketones (excluding diaryl/α,β-unsaturated/α-hetero) is 2. The minimum absolute atomic E-state index is 0.000886. The number of aromatic nitrogens is 2. The van der Waals surface area contributed by atoms with Crippen molar-refractivity contribution in [3.63, 3.8) is 0 Å². The maximum atomic E-state index is 14.6. The Bertz CT molecular complexity index is 3000. The van der Waals surface area contributed by atoms with Crippen LogP contribution in [-0.4, -0.2) is 68.7 Å². The third-order valence-corrected chi connectivity index (χ3v) is 15.1. The monoisotopic (exact) mass is 988 g/mol. The average molecular weight is 989 g/mol. The second kappa shape index (κ2) is 23.0. The van der Waals surface area contributed by atoms with Crippen LogP contribution in [0.3, 0.4) is 0 Å². The van der Waals surface area contributed by atoms with Crippen molar-refractivity contribution in [2.75, 3.05) is 25.1 Å². The minimum atomic E-state index is -0.671. The van der Waals surface area contributed by atoms with E-state index in [9.17, 15) is 29.7 Å². The first-order valence-corrected chi connectivity index (χ1v) is 26.0. The minimum Gasteiger partial charge on any atom is -0.508 e. The third kappa shape index (κ3) is 12.1. The zero-order valence-electron chi connectivity index (χ0n) is 42.1. The Balaban J connectivity index is 1.19. The van der Waals surface area contributed by atoms with E-state index < -0.39 is 18.1 Å². The molecule has 4 atom stereocenters. The van der Waals surface area contributed by atoms with Crippen molar-refractivity contribution < 1.29 is 43.9 Å². The van der Waals surface area contributed by atoms with E-state index in [2.05, 4.69) is 58.8 Å². The van der Waals surface area contributed by atoms with Gasteiger partial charge >= 0.3 is 5.97 Å². The molecule has 13 nitrogen and oxygen atoms in total. The maximum Gasteiger partial charge on any atom is 0.302 e. The van der Waals surface area contributed by atoms with Crippen LogP contribution in [0.1, 0.15) is 119 Å². The summed E-state index contributed by atoms with van der Waals surface area (Å²) in [6.45, 7) is 4.51. The van der Waals surface area contributed by atoms with Gasteiger partial charge in [0.2, 0.25) is 5.75 Å². The molecule has 0 amide bonds. The van der Waals surface area contributed by atoms with Crippen LogP contribution in [0.25, 0.3) is 10.8 Å². The number of carbonyl (C=O) groups is 3. The summed E-state index contributed by atoms with van der Waals surface area (Å²) in [6.07, 6.45) is 21.0. The van der Waals surface area contributed by atoms with Crippen molar-refractivity contribution in [2.45, 2.75) is 115 Å². The number of nitrogens with zero attached hydrogens (tertiary/aromatic N) is 2. The largest absolute Gasteiger partial charge is 0.508 e. The summed E-state index contributed by atoms with van der Waals surface area (Å²) in [6, 6.07) is 22.5. The number of fused-ring (bicyclic) bond motifs is 3. The quantitative estimate of drug-likeness (QED) is 0.0781. The number of dihydropyridines is 1. The smallest absolute Gasteiger partial charge is 0.302 e. The molecule has 6 aromatic rings. The molecule has 4 aromatic carbocycles. The number of ketones is 2. The lowest BCUT2D eigenvalue weighted by Gasteiger charge is -2.33. The van der Waals surface area contributed by atoms with Gasteiger partial charge in [0.05, 0.1) is 18.8 Å². The fourth-order valence-corrected chi connectivity index (χ4v) is 11.3. The van der Waals surface area contributed by atoms with E-state index in [0.29, 0.717) is 43.7 Å². The molecule has 0 radical (unpaired) electrons. The Morgan fingerprint density at radius 3 is 2.33 bits per heavy atom. The number of ether oxygens (including phenoxy) is 3. The number of anilines is 1. The van der Waals surface area contributed by atoms with E-state index in [1.807, 2.05) is 41.2 Å². The van der Waals surface area contributed by atoms with Gasteiger partial charge in [-0.1, -0.05) is 69.0 Å². The third-order valence-electron chi connectivity index (χ3n) is 15.1. The summed E-state index contributed by atoms with van der Waals surface area (Å²) in [5.74, 6) is 1.23. The standard InChI is InChI=1S/C60H68N4O9/c1-4-39-19-20-51(72-38(2)65)32-49(68)33-55(44-28-57(70)60(58(29-44)71-3)73-50-17-10-16-48(67)31-50)63-36-43-14-9-18-54(53(43)37-63)64(24-22-56(69)40-11-6-5-7-12-40)59-30-42(21-23-62-59)52(41-13-8-15-47(66)26-41)27-46-35-61-34-45(46)25-39/h8-10,13-18,21,26,28-31,34-37,39-40,51-52,55,61-62,66-67,70H,4-7,11-12,19-20,22-25,27,32-33H2,1-3H3. The second-order valence-electron chi connectivity index (χ2n) is 20.1. The van der Waals surface area contributed by atoms with E-state index in [1.54, 1.807) is 30.3 Å². The van der Waals surface area contributed by atoms with Gasteiger partial charge in [0, 0.05) is 92.7 Å². The van der Waals surface area contributed by atoms with Crippen molar-refractivity contribution in [1.82, 2.24) is 14.9 Å². The first-order valence-electron chi connectivity index (χ1n) is 26.0. The molecule has 4 heterocycles. The molecule has 9 rings (SSSR count). The SMILES string of the molecule is CCC1CCC(OC(C)=O)CC(=O)CC(c2cc(O)c(Oc3cccc(O)c3)c(OC)c2)n2cc3cccc(c3c2)N(CCC(=O)C2CCCCC2)C2=CC(=CCN2)C(c2cccc(O)c2)Cc2c[nH]cc2C1. The molecule has 13 heteroatoms. The highest BCUT2D eigenvalue weighted by atomic mass is 16.5. The van der Waals surface area contributed by atoms with Crippen molar-refractivity contribution >= 4 is 34.0 Å². The second-order valence-corrected chi connectivity index (χ2v) is 20.1. The van der Waals surface area contributed by atoms with Gasteiger partial charge in [0.1, 0.15) is 40.7 Å². The lowest BCUT2D eigenvalue weighted by molar-refractivity contribution is -0.148. The topological polar surface area (TPSA) is 176 Å². The van der Waals surface area contributed by atoms with Crippen LogP contribution in [0.2, 0.25) is 0 Å². The van der Waals surface area contributed by atoms with Gasteiger partial charge in [-0.25, -0.2) is 0 Å². The van der Waals surface area contributed by atoms with E-state index in [-0.39, 0.29) is 70.9 Å². The van der Waals surface area contributed by atoms with Crippen LogP contribution in [0.4, 0.5) is 5.69 Å². The number of H-pyrrole nitrogens is 1. The molecule has 1 fully saturated rings. The number of hydrogen-bond acceptors (Lipinski definition) is 11. The maximum absolute atomic E-state index is 14.6. The molecule has 3 aliphatic rings. The summed E-state index contributed by atoms with van der Waals surface area (Å²) in [5, 5.41) is 38.2. The van der Waals surface area contributed by atoms with Crippen LogP contribution in [0.15, 0.2) is 127 Å². The molecule has 4 unspecified atom stereocenters. The number of rotatable bonds is 11. The zero-order chi connectivity index (χ0) is 51.0. The molecular formula is C60H68N4O9. The molecule has 2 aromatic heterocycles. The number of allylic oxidation sites excluding steroid dienone is 2. The van der Waals surface area contributed by atoms with Crippen LogP contribution in [-0.2, 0) is 32.0 Å². The Morgan fingerprint density at radius 1 is 0.808 bits per heavy atom. The van der Waals surface area contributed by atoms with E-state index in [1.165, 1.54) is 37.3 Å². The number of carbonyl (C=O) groups excluding carboxylic acids is 3. The molecule has 4 bridgehead atoms. The van der Waals surface area contributed by atoms with E-state index >= 15 is 0 Å². The molecule has 5 N–H and O–H groups in total. The Morgan fingerprint density at radius 2 is 1.58 bits per heavy atom. The predicted molar refractivity (Wildman–Crippen MR) is 282 cm³/mol. The highest BCUT2D eigenvalue weighted by Gasteiger charge is 2.30. The molecule has 1 saturated carbocycles. The number of aromatic hydroxyl groups is 3. The van der Waals surface area contributed by atoms with Crippen molar-refractivity contribution in [2.24, 2.45) is 11.8 Å². The lowest BCUT2D eigenvalue weighted by Crippen LogP contribution is -2.36. The molecule has 2 aliphatic heterocycles. The van der Waals surface area contributed by atoms with Gasteiger partial charge in [-0.2, -0.15) is 0 Å². The first-order chi connectivity index (χ1) is 35.4. The Kier molecular flexibility index (Phi) is 15.9. The van der Waals surface area contributed by atoms with Crippen molar-refractivity contribution in [3.05, 3.63) is 149 Å². The highest BCUT2D eigenvalue weighted by Crippen LogP contribution is 2.45. The van der Waals surface area contributed by atoms with E-state index in [0.717, 1.165) is 84.8 Å². The number of benzene rings is 4. The first kappa shape index (κ1) is 50.5. The molecule has 382 valence electrons. The Labute approximate surface area is 427 Å². The summed E-state index contributed by atoms with van der Waals surface area (Å²) >= 11 is 0. The summed E-state index contributed by atoms with van der Waals surface area (Å²) in [7, 11) is 1.48. The summed E-state index contributed by atoms with van der Waals surface area (Å²) in [4.78, 5) is 47.0. The number of methoxy groups -OCH3 is 1. The van der Waals surface area contributed by atoms with Crippen LogP contribution in [0, 0.1) is 11.8 Å². The molecule has 0 spiro atoms. The van der Waals surface area contributed by atoms with Gasteiger partial charge in [-0.05, 0) is 121 Å². The van der Waals surface area contributed by atoms with Gasteiger partial charge in [-0.15, -0.1) is 0 Å².